The summed E-state index contributed by atoms with van der Waals surface area (Å²) in [6.07, 6.45) is 2.18. The maximum atomic E-state index is 12.1. The Hall–Kier alpha value is -1.46. The summed E-state index contributed by atoms with van der Waals surface area (Å²) in [5.41, 5.74) is -0.0817. The smallest absolute Gasteiger partial charge is 0.434 e. The number of aromatic nitrogens is 1. The third kappa shape index (κ3) is 6.21. The van der Waals surface area contributed by atoms with E-state index in [1.165, 1.54) is 25.6 Å². The molecule has 1 rings (SSSR count). The molecule has 0 bridgehead atoms. The third-order valence-electron chi connectivity index (χ3n) is 2.91. The fraction of sp³-hybridized carbons (Fsp3) is 0.533. The first-order valence-corrected chi connectivity index (χ1v) is 8.05. The summed E-state index contributed by atoms with van der Waals surface area (Å²) >= 11 is 1.72. The molecule has 1 aromatic heterocycles. The molecule has 8 nitrogen and oxygen atoms in total. The van der Waals surface area contributed by atoms with Crippen molar-refractivity contribution in [3.8, 4) is 0 Å². The lowest BCUT2D eigenvalue weighted by Crippen LogP contribution is -2.37. The minimum Gasteiger partial charge on any atom is -0.465 e. The van der Waals surface area contributed by atoms with Crippen LogP contribution >= 0.6 is 23.0 Å². The Bertz CT molecular complexity index is 575. The predicted molar refractivity (Wildman–Crippen MR) is 92.8 cm³/mol. The lowest BCUT2D eigenvalue weighted by atomic mass is 10.0. The summed E-state index contributed by atoms with van der Waals surface area (Å²) in [5, 5.41) is 10.7. The molecule has 1 aromatic rings. The molecule has 24 heavy (non-hydrogen) atoms. The fourth-order valence-corrected chi connectivity index (χ4v) is 2.15. The number of hydroxylamine groups is 2. The van der Waals surface area contributed by atoms with Crippen molar-refractivity contribution < 1.29 is 27.3 Å². The monoisotopic (exact) mass is 452 g/mol. The molecule has 0 aliphatic carbocycles. The van der Waals surface area contributed by atoms with Crippen molar-refractivity contribution in [3.05, 3.63) is 29.6 Å². The van der Waals surface area contributed by atoms with E-state index in [2.05, 4.69) is 9.72 Å². The number of nitrogens with zero attached hydrogens (tertiary/aromatic N) is 2. The molecular weight excluding hydrogens is 431 g/mol. The molecule has 1 amide bonds. The molecule has 0 aliphatic rings. The number of halogens is 1. The van der Waals surface area contributed by atoms with Crippen LogP contribution in [0.2, 0.25) is 0 Å². The van der Waals surface area contributed by atoms with Crippen LogP contribution in [0.3, 0.4) is 0 Å². The molecule has 0 saturated heterocycles. The Balaban J connectivity index is 3.08. The summed E-state index contributed by atoms with van der Waals surface area (Å²) < 4.78 is 14.8. The van der Waals surface area contributed by atoms with Crippen molar-refractivity contribution in [2.75, 3.05) is 13.7 Å². The molecule has 0 aliphatic heterocycles. The van der Waals surface area contributed by atoms with E-state index in [0.29, 0.717) is 10.6 Å². The van der Waals surface area contributed by atoms with E-state index in [1.807, 2.05) is 0 Å². The molecule has 0 spiro atoms. The Morgan fingerprint density at radius 2 is 2.04 bits per heavy atom. The molecular formula is C15H21IN2O6. The van der Waals surface area contributed by atoms with E-state index in [4.69, 9.17) is 7.80 Å². The van der Waals surface area contributed by atoms with Crippen LogP contribution in [0.4, 0.5) is 4.79 Å². The van der Waals surface area contributed by atoms with Gasteiger partial charge in [-0.05, 0) is 38.8 Å². The van der Waals surface area contributed by atoms with E-state index < -0.39 is 23.7 Å². The average Bonchev–Trinajstić information content (AvgIpc) is 2.53. The summed E-state index contributed by atoms with van der Waals surface area (Å²) in [6.45, 7) is 5.36. The van der Waals surface area contributed by atoms with E-state index >= 15 is 0 Å². The lowest BCUT2D eigenvalue weighted by Gasteiger charge is -2.29. The second kappa shape index (κ2) is 9.14. The second-order valence-electron chi connectivity index (χ2n) is 5.94. The van der Waals surface area contributed by atoms with Crippen molar-refractivity contribution in [1.82, 2.24) is 10.0 Å². The van der Waals surface area contributed by atoms with Crippen LogP contribution in [0.1, 0.15) is 49.2 Å². The quantitative estimate of drug-likeness (QED) is 0.306. The number of methoxy groups -OCH3 is 1. The normalized spacial score (nSPS) is 12.4. The molecule has 9 heteroatoms. The minimum absolute atomic E-state index is 0.216. The van der Waals surface area contributed by atoms with Crippen LogP contribution in [0.5, 0.6) is 0 Å². The lowest BCUT2D eigenvalue weighted by molar-refractivity contribution is -0.124. The second-order valence-corrected chi connectivity index (χ2v) is 6.56. The minimum atomic E-state index is -0.899. The van der Waals surface area contributed by atoms with Gasteiger partial charge in [-0.2, -0.15) is 5.06 Å². The van der Waals surface area contributed by atoms with Crippen molar-refractivity contribution in [3.63, 3.8) is 0 Å². The standard InChI is InChI=1S/C15H21IN2O6/c1-15(2,3)24-14(20)18(21)12(5-6-23-16)10-7-11(9-17-8-10)13(19)22-4/h7-9,12,21H,5-6H2,1-4H3. The van der Waals surface area contributed by atoms with Gasteiger partial charge in [-0.25, -0.2) is 9.59 Å². The first-order chi connectivity index (χ1) is 11.2. The molecule has 1 N–H and O–H groups in total. The highest BCUT2D eigenvalue weighted by Gasteiger charge is 2.29. The van der Waals surface area contributed by atoms with Gasteiger partial charge in [-0.3, -0.25) is 10.2 Å². The molecule has 0 radical (unpaired) electrons. The van der Waals surface area contributed by atoms with Gasteiger partial charge in [0.25, 0.3) is 0 Å². The SMILES string of the molecule is COC(=O)c1cncc(C(CCOI)N(O)C(=O)OC(C)(C)C)c1. The Labute approximate surface area is 154 Å². The number of carbonyl (C=O) groups excluding carboxylic acids is 2. The van der Waals surface area contributed by atoms with Crippen LogP contribution < -0.4 is 0 Å². The van der Waals surface area contributed by atoms with E-state index in [1.54, 1.807) is 43.8 Å². The highest BCUT2D eigenvalue weighted by molar-refractivity contribution is 14.1. The van der Waals surface area contributed by atoms with Gasteiger partial charge in [0.2, 0.25) is 0 Å². The molecule has 0 saturated carbocycles. The molecule has 1 unspecified atom stereocenters. The highest BCUT2D eigenvalue weighted by Crippen LogP contribution is 2.25. The zero-order chi connectivity index (χ0) is 18.3. The zero-order valence-corrected chi connectivity index (χ0v) is 16.1. The van der Waals surface area contributed by atoms with E-state index in [0.717, 1.165) is 0 Å². The molecule has 0 fully saturated rings. The van der Waals surface area contributed by atoms with Gasteiger partial charge in [0.15, 0.2) is 0 Å². The number of hydrogen-bond acceptors (Lipinski definition) is 7. The number of amides is 1. The molecule has 134 valence electrons. The van der Waals surface area contributed by atoms with Gasteiger partial charge >= 0.3 is 12.1 Å². The Kier molecular flexibility index (Phi) is 7.84. The van der Waals surface area contributed by atoms with Crippen LogP contribution in [0.15, 0.2) is 18.5 Å². The maximum absolute atomic E-state index is 12.1. The van der Waals surface area contributed by atoms with E-state index in [9.17, 15) is 14.8 Å². The van der Waals surface area contributed by atoms with Crippen LogP contribution in [0, 0.1) is 0 Å². The summed E-state index contributed by atoms with van der Waals surface area (Å²) in [7, 11) is 1.26. The number of pyridine rings is 1. The molecule has 0 aromatic carbocycles. The van der Waals surface area contributed by atoms with Gasteiger partial charge in [0.05, 0.1) is 25.3 Å². The average molecular weight is 452 g/mol. The topological polar surface area (TPSA) is 98.2 Å². The van der Waals surface area contributed by atoms with Gasteiger partial charge in [-0.15, -0.1) is 0 Å². The molecule has 1 atom stereocenters. The summed E-state index contributed by atoms with van der Waals surface area (Å²) in [5.74, 6) is -0.560. The maximum Gasteiger partial charge on any atom is 0.434 e. The van der Waals surface area contributed by atoms with Gasteiger partial charge < -0.3 is 12.5 Å². The Morgan fingerprint density at radius 1 is 1.38 bits per heavy atom. The number of rotatable bonds is 6. The van der Waals surface area contributed by atoms with Crippen LogP contribution in [0.25, 0.3) is 0 Å². The first kappa shape index (κ1) is 20.6. The van der Waals surface area contributed by atoms with Crippen LogP contribution in [-0.4, -0.2) is 46.6 Å². The fourth-order valence-electron chi connectivity index (χ4n) is 1.89. The van der Waals surface area contributed by atoms with Gasteiger partial charge in [0.1, 0.15) is 28.6 Å². The first-order valence-electron chi connectivity index (χ1n) is 7.17. The van der Waals surface area contributed by atoms with E-state index in [-0.39, 0.29) is 18.6 Å². The third-order valence-corrected chi connectivity index (χ3v) is 3.35. The Morgan fingerprint density at radius 3 is 2.58 bits per heavy atom. The molecule has 1 heterocycles. The number of ether oxygens (including phenoxy) is 2. The van der Waals surface area contributed by atoms with Gasteiger partial charge in [0, 0.05) is 12.4 Å². The van der Waals surface area contributed by atoms with Crippen molar-refractivity contribution in [1.29, 1.82) is 0 Å². The van der Waals surface area contributed by atoms with Crippen molar-refractivity contribution in [2.45, 2.75) is 38.8 Å². The number of esters is 1. The van der Waals surface area contributed by atoms with Crippen molar-refractivity contribution >= 4 is 35.1 Å². The predicted octanol–water partition coefficient (Wildman–Crippen LogP) is 3.29. The van der Waals surface area contributed by atoms with Crippen molar-refractivity contribution in [2.24, 2.45) is 0 Å². The highest BCUT2D eigenvalue weighted by atomic mass is 127. The zero-order valence-electron chi connectivity index (χ0n) is 14.0. The van der Waals surface area contributed by atoms with Crippen LogP contribution in [-0.2, 0) is 12.5 Å². The summed E-state index contributed by atoms with van der Waals surface area (Å²) in [4.78, 5) is 27.7. The largest absolute Gasteiger partial charge is 0.465 e. The van der Waals surface area contributed by atoms with Gasteiger partial charge in [-0.1, -0.05) is 0 Å². The number of carbonyl (C=O) groups is 2. The number of hydrogen-bond donors (Lipinski definition) is 1. The summed E-state index contributed by atoms with van der Waals surface area (Å²) in [6, 6.07) is 0.719.